The summed E-state index contributed by atoms with van der Waals surface area (Å²) >= 11 is 0. The molecule has 1 rings (SSSR count). The molecular formula is C15H25NO3. The van der Waals surface area contributed by atoms with Crippen molar-refractivity contribution >= 4 is 0 Å². The van der Waals surface area contributed by atoms with Crippen LogP contribution in [0.2, 0.25) is 0 Å². The predicted molar refractivity (Wildman–Crippen MR) is 76.1 cm³/mol. The third kappa shape index (κ3) is 5.70. The fourth-order valence-corrected chi connectivity index (χ4v) is 1.96. The maximum atomic E-state index is 10.3. The minimum absolute atomic E-state index is 0.0143. The molecule has 0 bridgehead atoms. The minimum atomic E-state index is -0.511. The third-order valence-electron chi connectivity index (χ3n) is 3.13. The summed E-state index contributed by atoms with van der Waals surface area (Å²) in [5.74, 6) is 0. The molecule has 3 N–H and O–H groups in total. The van der Waals surface area contributed by atoms with Gasteiger partial charge >= 0.3 is 0 Å². The zero-order chi connectivity index (χ0) is 14.1. The average Bonchev–Trinajstić information content (AvgIpc) is 2.43. The maximum Gasteiger partial charge on any atom is 0.0942 e. The fraction of sp³-hybridized carbons (Fsp3) is 0.600. The highest BCUT2D eigenvalue weighted by molar-refractivity contribution is 5.24. The van der Waals surface area contributed by atoms with E-state index in [0.717, 1.165) is 12.0 Å². The highest BCUT2D eigenvalue weighted by atomic mass is 16.5. The number of benzene rings is 1. The highest BCUT2D eigenvalue weighted by Gasteiger charge is 2.18. The monoisotopic (exact) mass is 267 g/mol. The Balaban J connectivity index is 2.42. The second-order valence-electron chi connectivity index (χ2n) is 4.66. The van der Waals surface area contributed by atoms with Crippen LogP contribution in [0.15, 0.2) is 24.3 Å². The number of ether oxygens (including phenoxy) is 1. The SMILES string of the molecule is CCC(NCCOCCO)C(O)c1ccc(C)cc1. The number of aliphatic hydroxyl groups excluding tert-OH is 2. The first-order valence-corrected chi connectivity index (χ1v) is 6.85. The molecule has 0 aliphatic carbocycles. The van der Waals surface area contributed by atoms with Gasteiger partial charge in [0.15, 0.2) is 0 Å². The van der Waals surface area contributed by atoms with E-state index < -0.39 is 6.10 Å². The number of hydrogen-bond donors (Lipinski definition) is 3. The Kier molecular flexibility index (Phi) is 7.67. The van der Waals surface area contributed by atoms with Crippen molar-refractivity contribution in [3.8, 4) is 0 Å². The standard InChI is InChI=1S/C15H25NO3/c1-3-14(16-8-10-19-11-9-17)15(18)13-6-4-12(2)5-7-13/h4-7,14-18H,3,8-11H2,1-2H3. The molecule has 0 aliphatic rings. The number of aliphatic hydroxyl groups is 2. The molecule has 1 aromatic carbocycles. The van der Waals surface area contributed by atoms with Crippen molar-refractivity contribution in [1.82, 2.24) is 5.32 Å². The van der Waals surface area contributed by atoms with Gasteiger partial charge in [-0.15, -0.1) is 0 Å². The smallest absolute Gasteiger partial charge is 0.0942 e. The van der Waals surface area contributed by atoms with Crippen LogP contribution in [-0.2, 0) is 4.74 Å². The number of nitrogens with one attached hydrogen (secondary N) is 1. The van der Waals surface area contributed by atoms with Gasteiger partial charge in [-0.3, -0.25) is 0 Å². The van der Waals surface area contributed by atoms with Crippen molar-refractivity contribution in [3.05, 3.63) is 35.4 Å². The van der Waals surface area contributed by atoms with E-state index in [1.54, 1.807) is 0 Å². The van der Waals surface area contributed by atoms with E-state index in [1.807, 2.05) is 38.1 Å². The number of aryl methyl sites for hydroxylation is 1. The summed E-state index contributed by atoms with van der Waals surface area (Å²) in [6, 6.07) is 7.96. The van der Waals surface area contributed by atoms with Crippen molar-refractivity contribution in [3.63, 3.8) is 0 Å². The van der Waals surface area contributed by atoms with Crippen LogP contribution in [0.3, 0.4) is 0 Å². The summed E-state index contributed by atoms with van der Waals surface area (Å²) in [6.45, 7) is 5.69. The van der Waals surface area contributed by atoms with Gasteiger partial charge in [0.1, 0.15) is 0 Å². The Morgan fingerprint density at radius 2 is 1.89 bits per heavy atom. The van der Waals surface area contributed by atoms with Crippen molar-refractivity contribution < 1.29 is 14.9 Å². The fourth-order valence-electron chi connectivity index (χ4n) is 1.96. The molecule has 0 saturated heterocycles. The first-order valence-electron chi connectivity index (χ1n) is 6.85. The lowest BCUT2D eigenvalue weighted by atomic mass is 9.99. The molecule has 0 heterocycles. The summed E-state index contributed by atoms with van der Waals surface area (Å²) < 4.78 is 5.18. The van der Waals surface area contributed by atoms with Gasteiger partial charge in [0.05, 0.1) is 25.9 Å². The normalized spacial score (nSPS) is 14.3. The largest absolute Gasteiger partial charge is 0.394 e. The Bertz CT molecular complexity index is 340. The Morgan fingerprint density at radius 3 is 2.47 bits per heavy atom. The quantitative estimate of drug-likeness (QED) is 0.592. The van der Waals surface area contributed by atoms with Crippen molar-refractivity contribution in [2.24, 2.45) is 0 Å². The van der Waals surface area contributed by atoms with Crippen LogP contribution in [0.4, 0.5) is 0 Å². The van der Waals surface area contributed by atoms with Crippen LogP contribution in [-0.4, -0.2) is 42.6 Å². The molecule has 19 heavy (non-hydrogen) atoms. The van der Waals surface area contributed by atoms with Gasteiger partial charge < -0.3 is 20.3 Å². The molecular weight excluding hydrogens is 242 g/mol. The number of rotatable bonds is 9. The molecule has 0 amide bonds. The van der Waals surface area contributed by atoms with Gasteiger partial charge in [0.25, 0.3) is 0 Å². The zero-order valence-corrected chi connectivity index (χ0v) is 11.8. The van der Waals surface area contributed by atoms with Crippen molar-refractivity contribution in [2.75, 3.05) is 26.4 Å². The van der Waals surface area contributed by atoms with Crippen LogP contribution in [0.5, 0.6) is 0 Å². The van der Waals surface area contributed by atoms with E-state index in [2.05, 4.69) is 5.32 Å². The lowest BCUT2D eigenvalue weighted by Crippen LogP contribution is -2.36. The lowest BCUT2D eigenvalue weighted by Gasteiger charge is -2.23. The van der Waals surface area contributed by atoms with E-state index in [1.165, 1.54) is 5.56 Å². The Hall–Kier alpha value is -0.940. The van der Waals surface area contributed by atoms with Crippen LogP contribution in [0, 0.1) is 6.92 Å². The lowest BCUT2D eigenvalue weighted by molar-refractivity contribution is 0.0824. The molecule has 0 fully saturated rings. The summed E-state index contributed by atoms with van der Waals surface area (Å²) in [5.41, 5.74) is 2.12. The topological polar surface area (TPSA) is 61.7 Å². The van der Waals surface area contributed by atoms with E-state index in [9.17, 15) is 5.11 Å². The van der Waals surface area contributed by atoms with Crippen LogP contribution in [0.1, 0.15) is 30.6 Å². The molecule has 2 unspecified atom stereocenters. The molecule has 1 aromatic rings. The predicted octanol–water partition coefficient (Wildman–Crippen LogP) is 1.41. The maximum absolute atomic E-state index is 10.3. The second kappa shape index (κ2) is 9.04. The Morgan fingerprint density at radius 1 is 1.21 bits per heavy atom. The number of hydrogen-bond acceptors (Lipinski definition) is 4. The van der Waals surface area contributed by atoms with E-state index >= 15 is 0 Å². The van der Waals surface area contributed by atoms with Gasteiger partial charge in [0, 0.05) is 12.6 Å². The average molecular weight is 267 g/mol. The molecule has 0 aliphatic heterocycles. The molecule has 108 valence electrons. The summed E-state index contributed by atoms with van der Waals surface area (Å²) in [5, 5.41) is 22.2. The summed E-state index contributed by atoms with van der Waals surface area (Å²) in [4.78, 5) is 0. The van der Waals surface area contributed by atoms with Crippen LogP contribution in [0.25, 0.3) is 0 Å². The van der Waals surface area contributed by atoms with Crippen molar-refractivity contribution in [2.45, 2.75) is 32.4 Å². The molecule has 4 heteroatoms. The van der Waals surface area contributed by atoms with Gasteiger partial charge in [-0.2, -0.15) is 0 Å². The minimum Gasteiger partial charge on any atom is -0.394 e. The van der Waals surface area contributed by atoms with Crippen molar-refractivity contribution in [1.29, 1.82) is 0 Å². The van der Waals surface area contributed by atoms with Gasteiger partial charge in [0.2, 0.25) is 0 Å². The van der Waals surface area contributed by atoms with E-state index in [4.69, 9.17) is 9.84 Å². The summed E-state index contributed by atoms with van der Waals surface area (Å²) in [7, 11) is 0. The van der Waals surface area contributed by atoms with Gasteiger partial charge in [-0.05, 0) is 18.9 Å². The van der Waals surface area contributed by atoms with Gasteiger partial charge in [-0.25, -0.2) is 0 Å². The van der Waals surface area contributed by atoms with Crippen LogP contribution < -0.4 is 5.32 Å². The molecule has 4 nitrogen and oxygen atoms in total. The van der Waals surface area contributed by atoms with E-state index in [0.29, 0.717) is 19.8 Å². The second-order valence-corrected chi connectivity index (χ2v) is 4.66. The van der Waals surface area contributed by atoms with Crippen LogP contribution >= 0.6 is 0 Å². The van der Waals surface area contributed by atoms with E-state index in [-0.39, 0.29) is 12.6 Å². The zero-order valence-electron chi connectivity index (χ0n) is 11.8. The molecule has 0 radical (unpaired) electrons. The Labute approximate surface area is 115 Å². The summed E-state index contributed by atoms with van der Waals surface area (Å²) in [6.07, 6.45) is 0.332. The highest BCUT2D eigenvalue weighted by Crippen LogP contribution is 2.19. The molecule has 2 atom stereocenters. The first-order chi connectivity index (χ1) is 9.19. The third-order valence-corrected chi connectivity index (χ3v) is 3.13. The molecule has 0 saturated carbocycles. The molecule has 0 spiro atoms. The first kappa shape index (κ1) is 16.1. The molecule has 0 aromatic heterocycles. The van der Waals surface area contributed by atoms with Gasteiger partial charge in [-0.1, -0.05) is 36.8 Å².